The van der Waals surface area contributed by atoms with E-state index in [1.807, 2.05) is 10.6 Å². The van der Waals surface area contributed by atoms with Crippen molar-refractivity contribution in [1.82, 2.24) is 24.5 Å². The number of hydrogen-bond acceptors (Lipinski definition) is 4. The Morgan fingerprint density at radius 1 is 1.06 bits per heavy atom. The van der Waals surface area contributed by atoms with Gasteiger partial charge in [-0.3, -0.25) is 0 Å². The highest BCUT2D eigenvalue weighted by Gasteiger charge is 2.08. The maximum absolute atomic E-state index is 5.94. The first kappa shape index (κ1) is 11.4. The first-order chi connectivity index (χ1) is 8.74. The quantitative estimate of drug-likeness (QED) is 0.534. The van der Waals surface area contributed by atoms with Crippen LogP contribution in [0.3, 0.4) is 0 Å². The molecule has 0 N–H and O–H groups in total. The molecule has 0 spiro atoms. The van der Waals surface area contributed by atoms with Crippen LogP contribution in [0, 0.1) is 0 Å². The second-order valence-corrected chi connectivity index (χ2v) is 4.44. The maximum atomic E-state index is 5.94. The Morgan fingerprint density at radius 2 is 1.94 bits per heavy atom. The number of halogens is 2. The highest BCUT2D eigenvalue weighted by atomic mass is 35.5. The molecule has 0 radical (unpaired) electrons. The highest BCUT2D eigenvalue weighted by Crippen LogP contribution is 2.18. The topological polar surface area (TPSA) is 56.5 Å². The third-order valence-corrected chi connectivity index (χ3v) is 3.00. The fraction of sp³-hybridized carbons (Fsp3) is 0.0909. The van der Waals surface area contributed by atoms with Crippen LogP contribution < -0.4 is 0 Å². The normalized spacial score (nSPS) is 11.0. The van der Waals surface area contributed by atoms with Gasteiger partial charge in [0.05, 0.1) is 12.9 Å². The standard InChI is InChI=1S/C11H7Cl2N5/c12-8-2-1-7(3-14-8)4-18-6-17-9-10(13)15-5-16-11(9)18/h1-3,5-6H,4H2. The average Bonchev–Trinajstić information content (AvgIpc) is 2.77. The Balaban J connectivity index is 2.00. The molecule has 0 unspecified atom stereocenters. The van der Waals surface area contributed by atoms with E-state index in [-0.39, 0.29) is 0 Å². The number of imidazole rings is 1. The van der Waals surface area contributed by atoms with Gasteiger partial charge in [-0.15, -0.1) is 0 Å². The van der Waals surface area contributed by atoms with E-state index in [0.717, 1.165) is 5.56 Å². The lowest BCUT2D eigenvalue weighted by Gasteiger charge is -2.03. The van der Waals surface area contributed by atoms with Crippen LogP contribution in [0.15, 0.2) is 31.0 Å². The predicted molar refractivity (Wildman–Crippen MR) is 68.7 cm³/mol. The molecule has 18 heavy (non-hydrogen) atoms. The summed E-state index contributed by atoms with van der Waals surface area (Å²) in [5.74, 6) is 0. The van der Waals surface area contributed by atoms with Gasteiger partial charge in [0.2, 0.25) is 0 Å². The fourth-order valence-corrected chi connectivity index (χ4v) is 1.95. The van der Waals surface area contributed by atoms with Crippen LogP contribution in [0.4, 0.5) is 0 Å². The van der Waals surface area contributed by atoms with Gasteiger partial charge in [0.25, 0.3) is 0 Å². The molecule has 3 rings (SSSR count). The summed E-state index contributed by atoms with van der Waals surface area (Å²) in [7, 11) is 0. The van der Waals surface area contributed by atoms with Gasteiger partial charge in [0.15, 0.2) is 10.8 Å². The molecular formula is C11H7Cl2N5. The van der Waals surface area contributed by atoms with Crippen molar-refractivity contribution in [2.45, 2.75) is 6.54 Å². The van der Waals surface area contributed by atoms with Crippen LogP contribution in [0.1, 0.15) is 5.56 Å². The first-order valence-electron chi connectivity index (χ1n) is 5.16. The van der Waals surface area contributed by atoms with Crippen LogP contribution in [0.5, 0.6) is 0 Å². The third kappa shape index (κ3) is 2.02. The van der Waals surface area contributed by atoms with E-state index in [2.05, 4.69) is 19.9 Å². The Morgan fingerprint density at radius 3 is 2.72 bits per heavy atom. The van der Waals surface area contributed by atoms with Crippen molar-refractivity contribution in [3.05, 3.63) is 46.9 Å². The monoisotopic (exact) mass is 279 g/mol. The molecule has 0 aromatic carbocycles. The van der Waals surface area contributed by atoms with E-state index in [0.29, 0.717) is 28.0 Å². The molecule has 0 saturated carbocycles. The molecule has 0 atom stereocenters. The van der Waals surface area contributed by atoms with E-state index in [4.69, 9.17) is 23.2 Å². The van der Waals surface area contributed by atoms with Gasteiger partial charge in [0.1, 0.15) is 17.0 Å². The Kier molecular flexibility index (Phi) is 2.85. The summed E-state index contributed by atoms with van der Waals surface area (Å²) >= 11 is 11.7. The molecule has 5 nitrogen and oxygen atoms in total. The number of fused-ring (bicyclic) bond motifs is 1. The summed E-state index contributed by atoms with van der Waals surface area (Å²) in [6, 6.07) is 3.65. The number of nitrogens with zero attached hydrogens (tertiary/aromatic N) is 5. The molecule has 0 aliphatic carbocycles. The fourth-order valence-electron chi connectivity index (χ4n) is 1.66. The second kappa shape index (κ2) is 4.51. The van der Waals surface area contributed by atoms with Crippen molar-refractivity contribution in [2.75, 3.05) is 0 Å². The zero-order chi connectivity index (χ0) is 12.5. The molecule has 3 heterocycles. The Labute approximate surface area is 112 Å². The zero-order valence-corrected chi connectivity index (χ0v) is 10.6. The van der Waals surface area contributed by atoms with Crippen LogP contribution >= 0.6 is 23.2 Å². The smallest absolute Gasteiger partial charge is 0.165 e. The lowest BCUT2D eigenvalue weighted by molar-refractivity contribution is 0.809. The van der Waals surface area contributed by atoms with E-state index in [9.17, 15) is 0 Å². The van der Waals surface area contributed by atoms with Gasteiger partial charge in [0, 0.05) is 6.20 Å². The summed E-state index contributed by atoms with van der Waals surface area (Å²) in [5, 5.41) is 0.826. The molecular weight excluding hydrogens is 273 g/mol. The number of pyridine rings is 1. The minimum Gasteiger partial charge on any atom is -0.311 e. The van der Waals surface area contributed by atoms with Gasteiger partial charge in [-0.1, -0.05) is 29.3 Å². The number of aromatic nitrogens is 5. The Hall–Kier alpha value is -1.72. The summed E-state index contributed by atoms with van der Waals surface area (Å²) in [5.41, 5.74) is 2.31. The van der Waals surface area contributed by atoms with Crippen molar-refractivity contribution >= 4 is 34.4 Å². The summed E-state index contributed by atoms with van der Waals surface area (Å²) < 4.78 is 1.88. The second-order valence-electron chi connectivity index (χ2n) is 3.70. The van der Waals surface area contributed by atoms with Crippen molar-refractivity contribution in [2.24, 2.45) is 0 Å². The lowest BCUT2D eigenvalue weighted by Crippen LogP contribution is -1.99. The SMILES string of the molecule is Clc1ccc(Cn2cnc3c(Cl)ncnc32)cn1. The van der Waals surface area contributed by atoms with E-state index in [1.165, 1.54) is 6.33 Å². The van der Waals surface area contributed by atoms with Gasteiger partial charge < -0.3 is 4.57 Å². The molecule has 0 aliphatic rings. The third-order valence-electron chi connectivity index (χ3n) is 2.50. The van der Waals surface area contributed by atoms with Crippen molar-refractivity contribution in [3.8, 4) is 0 Å². The summed E-state index contributed by atoms with van der Waals surface area (Å²) in [6.07, 6.45) is 4.82. The molecule has 90 valence electrons. The molecule has 0 saturated heterocycles. The Bertz CT molecular complexity index is 692. The van der Waals surface area contributed by atoms with E-state index >= 15 is 0 Å². The highest BCUT2D eigenvalue weighted by molar-refractivity contribution is 6.33. The average molecular weight is 280 g/mol. The molecule has 3 aromatic heterocycles. The largest absolute Gasteiger partial charge is 0.311 e. The van der Waals surface area contributed by atoms with E-state index < -0.39 is 0 Å². The minimum atomic E-state index is 0.355. The molecule has 0 fully saturated rings. The molecule has 0 amide bonds. The molecule has 7 heteroatoms. The van der Waals surface area contributed by atoms with Gasteiger partial charge in [-0.05, 0) is 11.6 Å². The van der Waals surface area contributed by atoms with Crippen LogP contribution in [0.25, 0.3) is 11.2 Å². The number of rotatable bonds is 2. The summed E-state index contributed by atoms with van der Waals surface area (Å²) in [4.78, 5) is 16.3. The van der Waals surface area contributed by atoms with E-state index in [1.54, 1.807) is 18.6 Å². The van der Waals surface area contributed by atoms with Gasteiger partial charge in [-0.25, -0.2) is 19.9 Å². The zero-order valence-electron chi connectivity index (χ0n) is 9.09. The molecule has 3 aromatic rings. The minimum absolute atomic E-state index is 0.355. The van der Waals surface area contributed by atoms with Gasteiger partial charge in [-0.2, -0.15) is 0 Å². The van der Waals surface area contributed by atoms with Crippen molar-refractivity contribution < 1.29 is 0 Å². The lowest BCUT2D eigenvalue weighted by atomic mass is 10.3. The molecule has 0 aliphatic heterocycles. The molecule has 0 bridgehead atoms. The van der Waals surface area contributed by atoms with Gasteiger partial charge >= 0.3 is 0 Å². The predicted octanol–water partition coefficient (Wildman–Crippen LogP) is 2.58. The first-order valence-corrected chi connectivity index (χ1v) is 5.91. The van der Waals surface area contributed by atoms with Crippen LogP contribution in [0.2, 0.25) is 10.3 Å². The van der Waals surface area contributed by atoms with Crippen molar-refractivity contribution in [3.63, 3.8) is 0 Å². The number of hydrogen-bond donors (Lipinski definition) is 0. The van der Waals surface area contributed by atoms with Crippen molar-refractivity contribution in [1.29, 1.82) is 0 Å². The van der Waals surface area contributed by atoms with Crippen LogP contribution in [-0.2, 0) is 6.54 Å². The van der Waals surface area contributed by atoms with Crippen LogP contribution in [-0.4, -0.2) is 24.5 Å². The maximum Gasteiger partial charge on any atom is 0.165 e. The summed E-state index contributed by atoms with van der Waals surface area (Å²) in [6.45, 7) is 0.605.